The number of likely N-dealkylation sites (tertiary alicyclic amines) is 1. The number of aliphatic hydroxyl groups is 1. The molecule has 1 aromatic carbocycles. The van der Waals surface area contributed by atoms with Gasteiger partial charge in [0, 0.05) is 24.6 Å². The third kappa shape index (κ3) is 3.10. The second kappa shape index (κ2) is 7.12. The second-order valence-corrected chi connectivity index (χ2v) is 7.38. The lowest BCUT2D eigenvalue weighted by molar-refractivity contribution is -0.150. The van der Waals surface area contributed by atoms with Gasteiger partial charge in [-0.1, -0.05) is 43.2 Å². The van der Waals surface area contributed by atoms with Crippen LogP contribution in [0, 0.1) is 5.92 Å². The van der Waals surface area contributed by atoms with Crippen molar-refractivity contribution in [3.63, 3.8) is 0 Å². The molecule has 0 bridgehead atoms. The zero-order valence-electron chi connectivity index (χ0n) is 14.9. The fraction of sp³-hybridized carbons (Fsp3) is 0.409. The minimum absolute atomic E-state index is 0.00779. The fourth-order valence-corrected chi connectivity index (χ4v) is 4.68. The van der Waals surface area contributed by atoms with Crippen LogP contribution in [0.4, 0.5) is 0 Å². The van der Waals surface area contributed by atoms with E-state index in [-0.39, 0.29) is 17.9 Å². The first-order valence-corrected chi connectivity index (χ1v) is 9.48. The molecule has 2 fully saturated rings. The van der Waals surface area contributed by atoms with Crippen LogP contribution in [0.25, 0.3) is 6.08 Å². The van der Waals surface area contributed by atoms with Crippen LogP contribution < -0.4 is 0 Å². The predicted octanol–water partition coefficient (Wildman–Crippen LogP) is 3.97. The van der Waals surface area contributed by atoms with Crippen molar-refractivity contribution in [1.82, 2.24) is 4.90 Å². The average molecular weight is 351 g/mol. The Morgan fingerprint density at radius 2 is 1.96 bits per heavy atom. The van der Waals surface area contributed by atoms with Gasteiger partial charge in [0.15, 0.2) is 0 Å². The third-order valence-corrected chi connectivity index (χ3v) is 5.97. The standard InChI is InChI=1S/C22H25NO3/c24-21(13-12-18-9-6-16-26-18)23-15-14-22(25,17-7-2-1-3-8-17)19-10-4-5-11-20(19)23/h1-3,6-9,12-13,16,19-20,25H,4-5,10-11,14-15H2/t19-,20?,22-/m1/s1. The highest BCUT2D eigenvalue weighted by molar-refractivity contribution is 5.91. The van der Waals surface area contributed by atoms with Crippen molar-refractivity contribution < 1.29 is 14.3 Å². The molecule has 1 saturated carbocycles. The summed E-state index contributed by atoms with van der Waals surface area (Å²) < 4.78 is 5.27. The van der Waals surface area contributed by atoms with Crippen LogP contribution in [0.5, 0.6) is 0 Å². The van der Waals surface area contributed by atoms with Crippen LogP contribution in [0.3, 0.4) is 0 Å². The van der Waals surface area contributed by atoms with E-state index in [9.17, 15) is 9.90 Å². The van der Waals surface area contributed by atoms with Gasteiger partial charge in [0.2, 0.25) is 5.91 Å². The number of benzene rings is 1. The molecule has 4 rings (SSSR count). The fourth-order valence-electron chi connectivity index (χ4n) is 4.68. The molecule has 136 valence electrons. The SMILES string of the molecule is O=C(C=Cc1ccco1)N1CC[C@@](O)(c2ccccc2)[C@@H]2CCCCC21. The molecule has 1 amide bonds. The van der Waals surface area contributed by atoms with Gasteiger partial charge in [-0.15, -0.1) is 0 Å². The molecule has 1 N–H and O–H groups in total. The van der Waals surface area contributed by atoms with Crippen molar-refractivity contribution in [2.45, 2.75) is 43.7 Å². The Morgan fingerprint density at radius 1 is 1.15 bits per heavy atom. The van der Waals surface area contributed by atoms with Crippen LogP contribution in [0.2, 0.25) is 0 Å². The van der Waals surface area contributed by atoms with Crippen molar-refractivity contribution in [1.29, 1.82) is 0 Å². The lowest BCUT2D eigenvalue weighted by atomic mass is 9.66. The normalized spacial score (nSPS) is 28.9. The van der Waals surface area contributed by atoms with Crippen LogP contribution >= 0.6 is 0 Å². The Labute approximate surface area is 154 Å². The molecule has 2 aromatic rings. The Balaban J connectivity index is 1.57. The summed E-state index contributed by atoms with van der Waals surface area (Å²) in [5, 5.41) is 11.5. The van der Waals surface area contributed by atoms with Crippen LogP contribution in [0.1, 0.15) is 43.4 Å². The van der Waals surface area contributed by atoms with Crippen molar-refractivity contribution >= 4 is 12.0 Å². The van der Waals surface area contributed by atoms with E-state index in [4.69, 9.17) is 4.42 Å². The quantitative estimate of drug-likeness (QED) is 0.851. The zero-order chi connectivity index (χ0) is 18.0. The van der Waals surface area contributed by atoms with Crippen molar-refractivity contribution in [3.05, 3.63) is 66.1 Å². The average Bonchev–Trinajstić information content (AvgIpc) is 3.21. The van der Waals surface area contributed by atoms with E-state index in [0.717, 1.165) is 31.2 Å². The molecule has 0 radical (unpaired) electrons. The highest BCUT2D eigenvalue weighted by Crippen LogP contribution is 2.46. The van der Waals surface area contributed by atoms with E-state index >= 15 is 0 Å². The summed E-state index contributed by atoms with van der Waals surface area (Å²) in [4.78, 5) is 14.8. The number of nitrogens with zero attached hydrogens (tertiary/aromatic N) is 1. The molecule has 2 heterocycles. The summed E-state index contributed by atoms with van der Waals surface area (Å²) in [6, 6.07) is 13.7. The number of amides is 1. The summed E-state index contributed by atoms with van der Waals surface area (Å²) in [6.45, 7) is 0.577. The molecule has 4 heteroatoms. The van der Waals surface area contributed by atoms with Gasteiger partial charge in [-0.05, 0) is 43.0 Å². The number of piperidine rings is 1. The number of carbonyl (C=O) groups is 1. The van der Waals surface area contributed by atoms with Gasteiger partial charge in [0.25, 0.3) is 0 Å². The second-order valence-electron chi connectivity index (χ2n) is 7.38. The molecule has 1 unspecified atom stereocenters. The summed E-state index contributed by atoms with van der Waals surface area (Å²) in [5.74, 6) is 0.776. The maximum absolute atomic E-state index is 12.8. The van der Waals surface area contributed by atoms with Gasteiger partial charge < -0.3 is 14.4 Å². The van der Waals surface area contributed by atoms with Crippen molar-refractivity contribution in [3.8, 4) is 0 Å². The van der Waals surface area contributed by atoms with Crippen LogP contribution in [-0.2, 0) is 10.4 Å². The van der Waals surface area contributed by atoms with E-state index < -0.39 is 5.60 Å². The predicted molar refractivity (Wildman–Crippen MR) is 100 cm³/mol. The Hall–Kier alpha value is -2.33. The molecule has 0 spiro atoms. The first-order chi connectivity index (χ1) is 12.7. The summed E-state index contributed by atoms with van der Waals surface area (Å²) in [6.07, 6.45) is 9.64. The third-order valence-electron chi connectivity index (χ3n) is 5.97. The van der Waals surface area contributed by atoms with Gasteiger partial charge in [0.1, 0.15) is 5.76 Å². The molecule has 1 saturated heterocycles. The van der Waals surface area contributed by atoms with E-state index in [0.29, 0.717) is 18.7 Å². The minimum atomic E-state index is -0.839. The molecule has 1 aliphatic heterocycles. The first-order valence-electron chi connectivity index (χ1n) is 9.48. The van der Waals surface area contributed by atoms with E-state index in [1.54, 1.807) is 18.4 Å². The van der Waals surface area contributed by atoms with Gasteiger partial charge in [-0.25, -0.2) is 0 Å². The molecule has 4 nitrogen and oxygen atoms in total. The summed E-state index contributed by atoms with van der Waals surface area (Å²) in [7, 11) is 0. The zero-order valence-corrected chi connectivity index (χ0v) is 14.9. The topological polar surface area (TPSA) is 53.7 Å². The van der Waals surface area contributed by atoms with Crippen LogP contribution in [-0.4, -0.2) is 28.5 Å². The van der Waals surface area contributed by atoms with Gasteiger partial charge >= 0.3 is 0 Å². The van der Waals surface area contributed by atoms with E-state index in [1.165, 1.54) is 0 Å². The molecular weight excluding hydrogens is 326 g/mol. The van der Waals surface area contributed by atoms with E-state index in [2.05, 4.69) is 0 Å². The Morgan fingerprint density at radius 3 is 2.73 bits per heavy atom. The molecule has 1 aliphatic carbocycles. The molecule has 26 heavy (non-hydrogen) atoms. The van der Waals surface area contributed by atoms with Gasteiger partial charge in [-0.2, -0.15) is 0 Å². The lowest BCUT2D eigenvalue weighted by Gasteiger charge is -2.52. The molecular formula is C22H25NO3. The smallest absolute Gasteiger partial charge is 0.246 e. The highest BCUT2D eigenvalue weighted by Gasteiger charge is 2.49. The van der Waals surface area contributed by atoms with Crippen molar-refractivity contribution in [2.24, 2.45) is 5.92 Å². The van der Waals surface area contributed by atoms with Gasteiger partial charge in [-0.3, -0.25) is 4.79 Å². The Kier molecular flexibility index (Phi) is 4.68. The number of hydrogen-bond donors (Lipinski definition) is 1. The monoisotopic (exact) mass is 351 g/mol. The van der Waals surface area contributed by atoms with Gasteiger partial charge in [0.05, 0.1) is 11.9 Å². The largest absolute Gasteiger partial charge is 0.465 e. The maximum Gasteiger partial charge on any atom is 0.246 e. The lowest BCUT2D eigenvalue weighted by Crippen LogP contribution is -2.58. The Bertz CT molecular complexity index is 768. The summed E-state index contributed by atoms with van der Waals surface area (Å²) >= 11 is 0. The number of rotatable bonds is 3. The van der Waals surface area contributed by atoms with E-state index in [1.807, 2.05) is 47.4 Å². The van der Waals surface area contributed by atoms with Crippen molar-refractivity contribution in [2.75, 3.05) is 6.54 Å². The number of carbonyl (C=O) groups excluding carboxylic acids is 1. The molecule has 1 aromatic heterocycles. The van der Waals surface area contributed by atoms with Crippen LogP contribution in [0.15, 0.2) is 59.2 Å². The molecule has 2 aliphatic rings. The first kappa shape index (κ1) is 17.1. The highest BCUT2D eigenvalue weighted by atomic mass is 16.3. The number of fused-ring (bicyclic) bond motifs is 1. The maximum atomic E-state index is 12.8. The molecule has 3 atom stereocenters. The summed E-state index contributed by atoms with van der Waals surface area (Å²) in [5.41, 5.74) is 0.142. The number of hydrogen-bond acceptors (Lipinski definition) is 3. The number of furan rings is 1. The minimum Gasteiger partial charge on any atom is -0.465 e.